The maximum Gasteiger partial charge on any atom is 0.416 e. The van der Waals surface area contributed by atoms with Gasteiger partial charge in [0.1, 0.15) is 11.3 Å². The smallest absolute Gasteiger partial charge is 0.381 e. The van der Waals surface area contributed by atoms with Crippen molar-refractivity contribution in [3.63, 3.8) is 0 Å². The summed E-state index contributed by atoms with van der Waals surface area (Å²) in [5.74, 6) is -0.421. The number of alkyl halides is 3. The molecular weight excluding hydrogens is 537 g/mol. The van der Waals surface area contributed by atoms with Crippen molar-refractivity contribution < 1.29 is 27.5 Å². The molecule has 214 valence electrons. The highest BCUT2D eigenvalue weighted by Crippen LogP contribution is 2.39. The van der Waals surface area contributed by atoms with Crippen molar-refractivity contribution in [1.29, 1.82) is 0 Å². The highest BCUT2D eigenvalue weighted by molar-refractivity contribution is 6.08. The number of nitrogens with one attached hydrogen (secondary N) is 2. The van der Waals surface area contributed by atoms with E-state index in [2.05, 4.69) is 20.4 Å². The lowest BCUT2D eigenvalue weighted by Gasteiger charge is -2.41. The minimum absolute atomic E-state index is 0.0794. The zero-order chi connectivity index (χ0) is 28.8. The Kier molecular flexibility index (Phi) is 6.80. The van der Waals surface area contributed by atoms with E-state index in [4.69, 9.17) is 4.74 Å². The fourth-order valence-electron chi connectivity index (χ4n) is 5.97. The highest BCUT2D eigenvalue weighted by atomic mass is 19.4. The van der Waals surface area contributed by atoms with Gasteiger partial charge in [-0.1, -0.05) is 12.1 Å². The van der Waals surface area contributed by atoms with Crippen LogP contribution in [0.25, 0.3) is 11.0 Å². The first-order valence-corrected chi connectivity index (χ1v) is 13.5. The zero-order valence-electron chi connectivity index (χ0n) is 22.4. The van der Waals surface area contributed by atoms with Crippen LogP contribution >= 0.6 is 0 Å². The van der Waals surface area contributed by atoms with Crippen molar-refractivity contribution in [3.05, 3.63) is 76.9 Å². The second-order valence-corrected chi connectivity index (χ2v) is 10.7. The van der Waals surface area contributed by atoms with Crippen LogP contribution in [-0.2, 0) is 42.1 Å². The number of carbonyl (C=O) groups is 2. The number of halogens is 3. The number of nitrogens with zero attached hydrogens (tertiary/aromatic N) is 4. The number of aromatic nitrogens is 4. The molecule has 1 saturated heterocycles. The summed E-state index contributed by atoms with van der Waals surface area (Å²) < 4.78 is 46.4. The standard InChI is InChI=1S/C29H29F3N6O3/c1-37-24(26(39)35-23-16-34-25-20(23)3-2-11-33-25)21-17-38(12-8-22(21)36-37)27(40)28(9-13-41-14-10-28)15-18-4-6-19(7-5-18)29(30,31)32/h2-7,11,16H,8-10,12-15,17H2,1H3,(H,33,34)(H,35,39). The number of carbonyl (C=O) groups excluding carboxylic acids is 2. The van der Waals surface area contributed by atoms with Gasteiger partial charge < -0.3 is 19.9 Å². The Morgan fingerprint density at radius 3 is 2.63 bits per heavy atom. The van der Waals surface area contributed by atoms with Crippen molar-refractivity contribution in [3.8, 4) is 0 Å². The molecule has 0 unspecified atom stereocenters. The molecule has 0 saturated carbocycles. The SMILES string of the molecule is Cn1nc2c(c1C(=O)Nc1c[nH]c3ncccc13)CN(C(=O)C1(Cc3ccc(C(F)(F)F)cc3)CCOCC1)CC2. The summed E-state index contributed by atoms with van der Waals surface area (Å²) in [5.41, 5.74) is 2.22. The summed E-state index contributed by atoms with van der Waals surface area (Å²) in [6.45, 7) is 1.44. The molecule has 0 bridgehead atoms. The van der Waals surface area contributed by atoms with Crippen LogP contribution in [0, 0.1) is 5.41 Å². The molecule has 2 aliphatic heterocycles. The third-order valence-electron chi connectivity index (χ3n) is 8.12. The van der Waals surface area contributed by atoms with Crippen molar-refractivity contribution >= 4 is 28.5 Å². The number of benzene rings is 1. The van der Waals surface area contributed by atoms with E-state index < -0.39 is 17.2 Å². The van der Waals surface area contributed by atoms with Crippen LogP contribution < -0.4 is 5.32 Å². The predicted molar refractivity (Wildman–Crippen MR) is 144 cm³/mol. The predicted octanol–water partition coefficient (Wildman–Crippen LogP) is 4.49. The maximum atomic E-state index is 14.2. The van der Waals surface area contributed by atoms with Crippen LogP contribution in [0.3, 0.4) is 0 Å². The van der Waals surface area contributed by atoms with Crippen molar-refractivity contribution in [2.45, 2.75) is 38.4 Å². The van der Waals surface area contributed by atoms with E-state index in [1.807, 2.05) is 6.07 Å². The van der Waals surface area contributed by atoms with E-state index in [9.17, 15) is 22.8 Å². The average Bonchev–Trinajstić information content (AvgIpc) is 3.52. The molecule has 41 heavy (non-hydrogen) atoms. The average molecular weight is 567 g/mol. The van der Waals surface area contributed by atoms with Crippen LogP contribution in [0.1, 0.15) is 45.7 Å². The van der Waals surface area contributed by atoms with Crippen molar-refractivity contribution in [2.75, 3.05) is 25.1 Å². The van der Waals surface area contributed by atoms with Crippen LogP contribution in [0.5, 0.6) is 0 Å². The fraction of sp³-hybridized carbons (Fsp3) is 0.379. The van der Waals surface area contributed by atoms with Gasteiger partial charge >= 0.3 is 6.18 Å². The molecule has 6 rings (SSSR count). The molecule has 2 amide bonds. The summed E-state index contributed by atoms with van der Waals surface area (Å²) in [5, 5.41) is 8.30. The van der Waals surface area contributed by atoms with Crippen LogP contribution in [0.2, 0.25) is 0 Å². The van der Waals surface area contributed by atoms with Gasteiger partial charge in [0, 0.05) is 63.1 Å². The van der Waals surface area contributed by atoms with E-state index >= 15 is 0 Å². The topological polar surface area (TPSA) is 105 Å². The first-order chi connectivity index (χ1) is 19.6. The van der Waals surface area contributed by atoms with Crippen molar-refractivity contribution in [2.24, 2.45) is 12.5 Å². The summed E-state index contributed by atoms with van der Waals surface area (Å²) in [6.07, 6.45) is 0.657. The van der Waals surface area contributed by atoms with E-state index in [1.54, 1.807) is 35.1 Å². The Balaban J connectivity index is 1.24. The number of amides is 2. The largest absolute Gasteiger partial charge is 0.416 e. The molecule has 4 aromatic rings. The van der Waals surface area contributed by atoms with Gasteiger partial charge in [-0.05, 0) is 49.1 Å². The minimum Gasteiger partial charge on any atom is -0.381 e. The number of pyridine rings is 1. The molecule has 0 atom stereocenters. The van der Waals surface area contributed by atoms with Gasteiger partial charge in [0.15, 0.2) is 0 Å². The molecule has 12 heteroatoms. The first kappa shape index (κ1) is 27.0. The third kappa shape index (κ3) is 5.08. The molecule has 3 aromatic heterocycles. The molecule has 5 heterocycles. The van der Waals surface area contributed by atoms with Gasteiger partial charge in [0.2, 0.25) is 5.91 Å². The Morgan fingerprint density at radius 1 is 1.15 bits per heavy atom. The Labute approximate surface area is 233 Å². The number of fused-ring (bicyclic) bond motifs is 2. The second kappa shape index (κ2) is 10.3. The lowest BCUT2D eigenvalue weighted by molar-refractivity contribution is -0.149. The number of anilines is 1. The summed E-state index contributed by atoms with van der Waals surface area (Å²) >= 11 is 0. The normalized spacial score (nSPS) is 16.9. The van der Waals surface area contributed by atoms with Crippen LogP contribution in [-0.4, -0.2) is 56.2 Å². The lowest BCUT2D eigenvalue weighted by atomic mass is 9.73. The number of H-pyrrole nitrogens is 1. The Hall–Kier alpha value is -4.19. The number of hydrogen-bond acceptors (Lipinski definition) is 5. The Morgan fingerprint density at radius 2 is 1.90 bits per heavy atom. The molecule has 2 aliphatic rings. The van der Waals surface area contributed by atoms with Crippen LogP contribution in [0.15, 0.2) is 48.8 Å². The number of rotatable bonds is 5. The molecule has 1 aromatic carbocycles. The summed E-state index contributed by atoms with van der Waals surface area (Å²) in [6, 6.07) is 8.67. The monoisotopic (exact) mass is 566 g/mol. The Bertz CT molecular complexity index is 1600. The van der Waals surface area contributed by atoms with Gasteiger partial charge in [-0.25, -0.2) is 4.98 Å². The molecule has 9 nitrogen and oxygen atoms in total. The van der Waals surface area contributed by atoms with Gasteiger partial charge in [-0.2, -0.15) is 18.3 Å². The molecule has 0 aliphatic carbocycles. The molecular formula is C29H29F3N6O3. The number of aromatic amines is 1. The van der Waals surface area contributed by atoms with E-state index in [0.717, 1.165) is 23.2 Å². The van der Waals surface area contributed by atoms with E-state index in [-0.39, 0.29) is 18.4 Å². The highest BCUT2D eigenvalue weighted by Gasteiger charge is 2.44. The van der Waals surface area contributed by atoms with Crippen molar-refractivity contribution in [1.82, 2.24) is 24.6 Å². The van der Waals surface area contributed by atoms with Gasteiger partial charge in [-0.15, -0.1) is 0 Å². The number of ether oxygens (including phenoxy) is 1. The zero-order valence-corrected chi connectivity index (χ0v) is 22.4. The summed E-state index contributed by atoms with van der Waals surface area (Å²) in [4.78, 5) is 36.7. The second-order valence-electron chi connectivity index (χ2n) is 10.7. The maximum absolute atomic E-state index is 14.2. The molecule has 2 N–H and O–H groups in total. The van der Waals surface area contributed by atoms with E-state index in [1.165, 1.54) is 12.1 Å². The number of aryl methyl sites for hydroxylation is 1. The van der Waals surface area contributed by atoms with Gasteiger partial charge in [0.25, 0.3) is 5.91 Å². The molecule has 0 spiro atoms. The molecule has 1 fully saturated rings. The van der Waals surface area contributed by atoms with E-state index in [0.29, 0.717) is 73.6 Å². The van der Waals surface area contributed by atoms with Gasteiger partial charge in [-0.3, -0.25) is 14.3 Å². The van der Waals surface area contributed by atoms with Crippen LogP contribution in [0.4, 0.5) is 18.9 Å². The third-order valence-corrected chi connectivity index (χ3v) is 8.12. The quantitative estimate of drug-likeness (QED) is 0.371. The number of hydrogen-bond donors (Lipinski definition) is 2. The van der Waals surface area contributed by atoms with Gasteiger partial charge in [0.05, 0.1) is 22.4 Å². The first-order valence-electron chi connectivity index (χ1n) is 13.5. The fourth-order valence-corrected chi connectivity index (χ4v) is 5.97. The molecule has 0 radical (unpaired) electrons. The lowest BCUT2D eigenvalue weighted by Crippen LogP contribution is -2.49. The summed E-state index contributed by atoms with van der Waals surface area (Å²) in [7, 11) is 1.71. The minimum atomic E-state index is -4.42.